The Morgan fingerprint density at radius 2 is 2.00 bits per heavy atom. The van der Waals surface area contributed by atoms with E-state index < -0.39 is 6.04 Å². The van der Waals surface area contributed by atoms with Crippen LogP contribution in [0.5, 0.6) is 0 Å². The number of nitrogens with one attached hydrogen (secondary N) is 1. The third kappa shape index (κ3) is 3.80. The standard InChI is InChI=1S/C19H22ClN5O/c1-12-6-5-7-16(10-12)11-24-9-8-17(23-24)21-19(26)15(4)25-14(3)18(20)13(2)22-25/h5-10,15H,11H2,1-4H3,(H,21,23,26). The zero-order valence-corrected chi connectivity index (χ0v) is 16.1. The topological polar surface area (TPSA) is 64.7 Å². The Balaban J connectivity index is 1.68. The Morgan fingerprint density at radius 3 is 2.65 bits per heavy atom. The van der Waals surface area contributed by atoms with Crippen molar-refractivity contribution < 1.29 is 4.79 Å². The zero-order valence-electron chi connectivity index (χ0n) is 15.3. The first kappa shape index (κ1) is 18.2. The van der Waals surface area contributed by atoms with E-state index in [0.717, 1.165) is 11.3 Å². The number of hydrogen-bond acceptors (Lipinski definition) is 3. The van der Waals surface area contributed by atoms with Gasteiger partial charge in [-0.2, -0.15) is 10.2 Å². The lowest BCUT2D eigenvalue weighted by Gasteiger charge is -2.13. The van der Waals surface area contributed by atoms with Crippen molar-refractivity contribution in [1.29, 1.82) is 0 Å². The van der Waals surface area contributed by atoms with Gasteiger partial charge in [0.25, 0.3) is 0 Å². The maximum Gasteiger partial charge on any atom is 0.250 e. The Bertz CT molecular complexity index is 943. The van der Waals surface area contributed by atoms with Crippen LogP contribution in [0.3, 0.4) is 0 Å². The summed E-state index contributed by atoms with van der Waals surface area (Å²) in [6, 6.07) is 9.57. The predicted molar refractivity (Wildman–Crippen MR) is 103 cm³/mol. The second kappa shape index (κ2) is 7.33. The monoisotopic (exact) mass is 371 g/mol. The summed E-state index contributed by atoms with van der Waals surface area (Å²) in [6.45, 7) is 8.17. The highest BCUT2D eigenvalue weighted by Crippen LogP contribution is 2.22. The normalized spacial score (nSPS) is 12.2. The van der Waals surface area contributed by atoms with E-state index in [9.17, 15) is 4.79 Å². The molecule has 3 aromatic rings. The number of carbonyl (C=O) groups excluding carboxylic acids is 1. The van der Waals surface area contributed by atoms with Crippen molar-refractivity contribution in [1.82, 2.24) is 19.6 Å². The Morgan fingerprint density at radius 1 is 1.23 bits per heavy atom. The number of amides is 1. The maximum absolute atomic E-state index is 12.5. The van der Waals surface area contributed by atoms with Crippen molar-refractivity contribution in [2.45, 2.75) is 40.3 Å². The molecule has 26 heavy (non-hydrogen) atoms. The second-order valence-corrected chi connectivity index (χ2v) is 6.86. The van der Waals surface area contributed by atoms with E-state index in [4.69, 9.17) is 11.6 Å². The smallest absolute Gasteiger partial charge is 0.250 e. The number of anilines is 1. The largest absolute Gasteiger partial charge is 0.307 e. The van der Waals surface area contributed by atoms with Gasteiger partial charge in [-0.05, 0) is 33.3 Å². The lowest BCUT2D eigenvalue weighted by atomic mass is 10.1. The van der Waals surface area contributed by atoms with E-state index in [-0.39, 0.29) is 5.91 Å². The van der Waals surface area contributed by atoms with Crippen LogP contribution in [0.4, 0.5) is 5.82 Å². The lowest BCUT2D eigenvalue weighted by molar-refractivity contribution is -0.119. The minimum atomic E-state index is -0.483. The van der Waals surface area contributed by atoms with Crippen LogP contribution in [0.15, 0.2) is 36.5 Å². The number of halogens is 1. The molecule has 0 aliphatic heterocycles. The maximum atomic E-state index is 12.5. The van der Waals surface area contributed by atoms with E-state index in [1.807, 2.05) is 26.1 Å². The molecule has 0 radical (unpaired) electrons. The summed E-state index contributed by atoms with van der Waals surface area (Å²) >= 11 is 6.17. The fourth-order valence-electron chi connectivity index (χ4n) is 2.88. The fourth-order valence-corrected chi connectivity index (χ4v) is 3.00. The molecule has 0 bridgehead atoms. The molecule has 1 atom stereocenters. The van der Waals surface area contributed by atoms with Crippen molar-refractivity contribution in [3.63, 3.8) is 0 Å². The first-order valence-corrected chi connectivity index (χ1v) is 8.84. The molecule has 3 rings (SSSR count). The molecule has 0 saturated carbocycles. The quantitative estimate of drug-likeness (QED) is 0.739. The molecule has 7 heteroatoms. The summed E-state index contributed by atoms with van der Waals surface area (Å²) in [5.41, 5.74) is 3.86. The molecule has 1 N–H and O–H groups in total. The van der Waals surface area contributed by atoms with Gasteiger partial charge in [0.05, 0.1) is 23.0 Å². The molecule has 1 aromatic carbocycles. The summed E-state index contributed by atoms with van der Waals surface area (Å²) in [5, 5.41) is 12.2. The van der Waals surface area contributed by atoms with Crippen molar-refractivity contribution >= 4 is 23.3 Å². The van der Waals surface area contributed by atoms with Crippen LogP contribution in [0.25, 0.3) is 0 Å². The average Bonchev–Trinajstić information content (AvgIpc) is 3.13. The molecule has 136 valence electrons. The molecule has 0 spiro atoms. The van der Waals surface area contributed by atoms with Gasteiger partial charge in [0, 0.05) is 12.3 Å². The molecule has 2 aromatic heterocycles. The van der Waals surface area contributed by atoms with Crippen LogP contribution >= 0.6 is 11.6 Å². The highest BCUT2D eigenvalue weighted by atomic mass is 35.5. The molecule has 0 aliphatic carbocycles. The first-order valence-electron chi connectivity index (χ1n) is 8.46. The molecular formula is C19H22ClN5O. The summed E-state index contributed by atoms with van der Waals surface area (Å²) in [7, 11) is 0. The van der Waals surface area contributed by atoms with Crippen LogP contribution in [-0.2, 0) is 11.3 Å². The first-order chi connectivity index (χ1) is 12.3. The number of rotatable bonds is 5. The van der Waals surface area contributed by atoms with Crippen molar-refractivity contribution in [3.05, 3.63) is 64.1 Å². The molecule has 0 saturated heterocycles. The van der Waals surface area contributed by atoms with Gasteiger partial charge in [-0.25, -0.2) is 0 Å². The number of aromatic nitrogens is 4. The highest BCUT2D eigenvalue weighted by Gasteiger charge is 2.21. The summed E-state index contributed by atoms with van der Waals surface area (Å²) in [5.74, 6) is 0.329. The molecule has 0 fully saturated rings. The SMILES string of the molecule is Cc1cccc(Cn2ccc(NC(=O)C(C)n3nc(C)c(Cl)c3C)n2)c1. The van der Waals surface area contributed by atoms with Gasteiger partial charge in [-0.3, -0.25) is 14.2 Å². The third-order valence-corrected chi connectivity index (χ3v) is 4.85. The third-order valence-electron chi connectivity index (χ3n) is 4.30. The van der Waals surface area contributed by atoms with Crippen molar-refractivity contribution in [3.8, 4) is 0 Å². The number of nitrogens with zero attached hydrogens (tertiary/aromatic N) is 4. The average molecular weight is 372 g/mol. The van der Waals surface area contributed by atoms with E-state index >= 15 is 0 Å². The molecule has 0 aliphatic rings. The predicted octanol–water partition coefficient (Wildman–Crippen LogP) is 3.91. The molecule has 1 unspecified atom stereocenters. The van der Waals surface area contributed by atoms with Crippen LogP contribution in [-0.4, -0.2) is 25.5 Å². The number of carbonyl (C=O) groups is 1. The molecule has 6 nitrogen and oxygen atoms in total. The van der Waals surface area contributed by atoms with Crippen LogP contribution in [0, 0.1) is 20.8 Å². The minimum Gasteiger partial charge on any atom is -0.307 e. The van der Waals surface area contributed by atoms with Gasteiger partial charge < -0.3 is 5.32 Å². The van der Waals surface area contributed by atoms with Gasteiger partial charge >= 0.3 is 0 Å². The van der Waals surface area contributed by atoms with Gasteiger partial charge in [0.1, 0.15) is 6.04 Å². The fraction of sp³-hybridized carbons (Fsp3) is 0.316. The summed E-state index contributed by atoms with van der Waals surface area (Å²) in [6.07, 6.45) is 1.85. The van der Waals surface area contributed by atoms with Gasteiger partial charge in [0.15, 0.2) is 5.82 Å². The second-order valence-electron chi connectivity index (χ2n) is 6.48. The Kier molecular flexibility index (Phi) is 5.13. The number of hydrogen-bond donors (Lipinski definition) is 1. The van der Waals surface area contributed by atoms with E-state index in [0.29, 0.717) is 23.1 Å². The van der Waals surface area contributed by atoms with Crippen LogP contribution < -0.4 is 5.32 Å². The number of aryl methyl sites for hydroxylation is 2. The minimum absolute atomic E-state index is 0.187. The molecule has 1 amide bonds. The van der Waals surface area contributed by atoms with Crippen molar-refractivity contribution in [2.75, 3.05) is 5.32 Å². The zero-order chi connectivity index (χ0) is 18.8. The van der Waals surface area contributed by atoms with Gasteiger partial charge in [-0.15, -0.1) is 0 Å². The summed E-state index contributed by atoms with van der Waals surface area (Å²) in [4.78, 5) is 12.5. The van der Waals surface area contributed by atoms with E-state index in [1.165, 1.54) is 5.56 Å². The Labute approximate surface area is 157 Å². The van der Waals surface area contributed by atoms with Crippen molar-refractivity contribution in [2.24, 2.45) is 0 Å². The van der Waals surface area contributed by atoms with E-state index in [1.54, 1.807) is 22.4 Å². The van der Waals surface area contributed by atoms with Gasteiger partial charge in [-0.1, -0.05) is 41.4 Å². The van der Waals surface area contributed by atoms with E-state index in [2.05, 4.69) is 40.6 Å². The number of benzene rings is 1. The highest BCUT2D eigenvalue weighted by molar-refractivity contribution is 6.31. The summed E-state index contributed by atoms with van der Waals surface area (Å²) < 4.78 is 3.44. The Hall–Kier alpha value is -2.60. The molecular weight excluding hydrogens is 350 g/mol. The molecule has 2 heterocycles. The van der Waals surface area contributed by atoms with Crippen LogP contribution in [0.1, 0.15) is 35.5 Å². The van der Waals surface area contributed by atoms with Gasteiger partial charge in [0.2, 0.25) is 5.91 Å². The van der Waals surface area contributed by atoms with Crippen LogP contribution in [0.2, 0.25) is 5.02 Å². The lowest BCUT2D eigenvalue weighted by Crippen LogP contribution is -2.25.